The van der Waals surface area contributed by atoms with E-state index in [-0.39, 0.29) is 29.3 Å². The van der Waals surface area contributed by atoms with Crippen LogP contribution in [0.4, 0.5) is 5.69 Å². The Kier molecular flexibility index (Phi) is 6.31. The van der Waals surface area contributed by atoms with E-state index in [0.29, 0.717) is 19.4 Å². The number of aromatic nitrogens is 2. The summed E-state index contributed by atoms with van der Waals surface area (Å²) in [6, 6.07) is 18.6. The molecule has 1 saturated heterocycles. The molecule has 1 unspecified atom stereocenters. The standard InChI is InChI=1S/C29H24N6O5/c36-25-24(6-3-13-30-25)35-28(39)20-12-9-18(14-21(20)29(35)40)33-27(38)26(37)31-15-17-7-10-19(11-8-17)34-16-32-22-4-1-2-5-23(22)34/h1-2,4-5,7-12,14,16,24H,3,6,13,15H2,(H,30,36)(H,31,37)(H,33,38). The van der Waals surface area contributed by atoms with Gasteiger partial charge in [0.25, 0.3) is 11.8 Å². The fourth-order valence-electron chi connectivity index (χ4n) is 5.01. The number of nitrogens with one attached hydrogen (secondary N) is 3. The summed E-state index contributed by atoms with van der Waals surface area (Å²) in [5.74, 6) is -3.29. The van der Waals surface area contributed by atoms with E-state index < -0.39 is 29.7 Å². The lowest BCUT2D eigenvalue weighted by Gasteiger charge is -2.28. The van der Waals surface area contributed by atoms with Gasteiger partial charge in [-0.3, -0.25) is 33.4 Å². The van der Waals surface area contributed by atoms with Crippen LogP contribution >= 0.6 is 0 Å². The smallest absolute Gasteiger partial charge is 0.313 e. The number of nitrogens with zero attached hydrogens (tertiary/aromatic N) is 3. The van der Waals surface area contributed by atoms with Crippen LogP contribution in [0.5, 0.6) is 0 Å². The van der Waals surface area contributed by atoms with Crippen LogP contribution in [0.15, 0.2) is 73.1 Å². The quantitative estimate of drug-likeness (QED) is 0.264. The van der Waals surface area contributed by atoms with Gasteiger partial charge in [0.2, 0.25) is 5.91 Å². The molecule has 0 spiro atoms. The van der Waals surface area contributed by atoms with Crippen LogP contribution in [-0.2, 0) is 20.9 Å². The van der Waals surface area contributed by atoms with E-state index in [1.54, 1.807) is 6.33 Å². The van der Waals surface area contributed by atoms with E-state index in [1.807, 2.05) is 53.1 Å². The molecule has 11 nitrogen and oxygen atoms in total. The Morgan fingerprint density at radius 2 is 1.70 bits per heavy atom. The zero-order valence-corrected chi connectivity index (χ0v) is 21.2. The Balaban J connectivity index is 1.07. The second-order valence-corrected chi connectivity index (χ2v) is 9.60. The van der Waals surface area contributed by atoms with Crippen molar-refractivity contribution >= 4 is 46.3 Å². The number of amides is 5. The largest absolute Gasteiger partial charge is 0.354 e. The van der Waals surface area contributed by atoms with Gasteiger partial charge in [-0.2, -0.15) is 0 Å². The van der Waals surface area contributed by atoms with Gasteiger partial charge in [0.05, 0.1) is 22.2 Å². The molecule has 3 aromatic carbocycles. The maximum atomic E-state index is 13.0. The lowest BCUT2D eigenvalue weighted by atomic mass is 10.1. The second-order valence-electron chi connectivity index (χ2n) is 9.60. The molecule has 3 heterocycles. The highest BCUT2D eigenvalue weighted by Gasteiger charge is 2.43. The number of carbonyl (C=O) groups is 5. The van der Waals surface area contributed by atoms with Crippen LogP contribution in [-0.4, -0.2) is 56.6 Å². The Labute approximate surface area is 228 Å². The van der Waals surface area contributed by atoms with Gasteiger partial charge in [0, 0.05) is 24.5 Å². The predicted octanol–water partition coefficient (Wildman–Crippen LogP) is 2.15. The number of hydrogen-bond acceptors (Lipinski definition) is 6. The number of anilines is 1. The Bertz CT molecular complexity index is 1690. The minimum Gasteiger partial charge on any atom is -0.354 e. The molecule has 11 heteroatoms. The Morgan fingerprint density at radius 1 is 0.925 bits per heavy atom. The Hall–Kier alpha value is -5.32. The highest BCUT2D eigenvalue weighted by atomic mass is 16.2. The van der Waals surface area contributed by atoms with Crippen LogP contribution in [0, 0.1) is 0 Å². The molecule has 2 aliphatic rings. The van der Waals surface area contributed by atoms with Crippen molar-refractivity contribution in [2.75, 3.05) is 11.9 Å². The maximum absolute atomic E-state index is 13.0. The number of para-hydroxylation sites is 2. The summed E-state index contributed by atoms with van der Waals surface area (Å²) in [5, 5.41) is 7.73. The SMILES string of the molecule is O=C(NCc1ccc(-n2cnc3ccccc32)cc1)C(=O)Nc1ccc2c(c1)C(=O)N(C1CCCNC1=O)C2=O. The van der Waals surface area contributed by atoms with Gasteiger partial charge in [0.1, 0.15) is 12.4 Å². The van der Waals surface area contributed by atoms with Crippen molar-refractivity contribution < 1.29 is 24.0 Å². The van der Waals surface area contributed by atoms with Crippen molar-refractivity contribution in [1.29, 1.82) is 0 Å². The molecule has 1 aromatic heterocycles. The number of rotatable bonds is 5. The summed E-state index contributed by atoms with van der Waals surface area (Å²) in [4.78, 5) is 68.4. The molecule has 0 aliphatic carbocycles. The first kappa shape index (κ1) is 25.0. The fourth-order valence-corrected chi connectivity index (χ4v) is 5.01. The summed E-state index contributed by atoms with van der Waals surface area (Å²) in [6.07, 6.45) is 2.80. The molecule has 0 saturated carbocycles. The Morgan fingerprint density at radius 3 is 2.50 bits per heavy atom. The molecular formula is C29H24N6O5. The highest BCUT2D eigenvalue weighted by Crippen LogP contribution is 2.29. The monoisotopic (exact) mass is 536 g/mol. The molecular weight excluding hydrogens is 512 g/mol. The number of carbonyl (C=O) groups excluding carboxylic acids is 5. The van der Waals surface area contributed by atoms with E-state index in [4.69, 9.17) is 0 Å². The summed E-state index contributed by atoms with van der Waals surface area (Å²) >= 11 is 0. The topological polar surface area (TPSA) is 142 Å². The van der Waals surface area contributed by atoms with Gasteiger partial charge in [0.15, 0.2) is 0 Å². The molecule has 0 bridgehead atoms. The first-order valence-electron chi connectivity index (χ1n) is 12.8. The third-order valence-electron chi connectivity index (χ3n) is 7.07. The van der Waals surface area contributed by atoms with Gasteiger partial charge in [-0.1, -0.05) is 24.3 Å². The van der Waals surface area contributed by atoms with Crippen molar-refractivity contribution in [2.24, 2.45) is 0 Å². The summed E-state index contributed by atoms with van der Waals surface area (Å²) < 4.78 is 1.96. The number of imidazole rings is 1. The molecule has 3 N–H and O–H groups in total. The fraction of sp³-hybridized carbons (Fsp3) is 0.172. The van der Waals surface area contributed by atoms with E-state index >= 15 is 0 Å². The predicted molar refractivity (Wildman–Crippen MR) is 145 cm³/mol. The second kappa shape index (κ2) is 10.1. The minimum atomic E-state index is -0.915. The third kappa shape index (κ3) is 4.47. The van der Waals surface area contributed by atoms with Crippen LogP contribution in [0.1, 0.15) is 39.1 Å². The van der Waals surface area contributed by atoms with E-state index in [9.17, 15) is 24.0 Å². The van der Waals surface area contributed by atoms with Gasteiger partial charge >= 0.3 is 11.8 Å². The molecule has 6 rings (SSSR count). The number of imide groups is 1. The van der Waals surface area contributed by atoms with Crippen LogP contribution < -0.4 is 16.0 Å². The maximum Gasteiger partial charge on any atom is 0.313 e. The average molecular weight is 537 g/mol. The lowest BCUT2D eigenvalue weighted by Crippen LogP contribution is -2.52. The minimum absolute atomic E-state index is 0.0762. The van der Waals surface area contributed by atoms with Crippen molar-refractivity contribution in [2.45, 2.75) is 25.4 Å². The summed E-state index contributed by atoms with van der Waals surface area (Å²) in [5.41, 5.74) is 3.98. The molecule has 40 heavy (non-hydrogen) atoms. The van der Waals surface area contributed by atoms with Crippen LogP contribution in [0.2, 0.25) is 0 Å². The van der Waals surface area contributed by atoms with E-state index in [0.717, 1.165) is 27.2 Å². The summed E-state index contributed by atoms with van der Waals surface area (Å²) in [6.45, 7) is 0.637. The first-order valence-corrected chi connectivity index (χ1v) is 12.8. The molecule has 4 aromatic rings. The number of piperidine rings is 1. The van der Waals surface area contributed by atoms with Crippen LogP contribution in [0.3, 0.4) is 0 Å². The van der Waals surface area contributed by atoms with Gasteiger partial charge in [-0.25, -0.2) is 4.98 Å². The van der Waals surface area contributed by atoms with Crippen molar-refractivity contribution in [3.63, 3.8) is 0 Å². The van der Waals surface area contributed by atoms with E-state index in [1.165, 1.54) is 18.2 Å². The van der Waals surface area contributed by atoms with Crippen molar-refractivity contribution in [3.8, 4) is 5.69 Å². The number of fused-ring (bicyclic) bond motifs is 2. The first-order chi connectivity index (χ1) is 19.4. The molecule has 200 valence electrons. The normalized spacial score (nSPS) is 16.6. The molecule has 5 amide bonds. The number of benzene rings is 3. The van der Waals surface area contributed by atoms with E-state index in [2.05, 4.69) is 20.9 Å². The molecule has 2 aliphatic heterocycles. The average Bonchev–Trinajstić information content (AvgIpc) is 3.51. The van der Waals surface area contributed by atoms with Crippen molar-refractivity contribution in [3.05, 3.63) is 89.7 Å². The molecule has 1 atom stereocenters. The third-order valence-corrected chi connectivity index (χ3v) is 7.07. The number of hydrogen-bond donors (Lipinski definition) is 3. The lowest BCUT2D eigenvalue weighted by molar-refractivity contribution is -0.136. The van der Waals surface area contributed by atoms with Gasteiger partial charge < -0.3 is 16.0 Å². The zero-order chi connectivity index (χ0) is 27.8. The zero-order valence-electron chi connectivity index (χ0n) is 21.2. The van der Waals surface area contributed by atoms with Crippen LogP contribution in [0.25, 0.3) is 16.7 Å². The molecule has 0 radical (unpaired) electrons. The van der Waals surface area contributed by atoms with Gasteiger partial charge in [-0.05, 0) is 60.9 Å². The van der Waals surface area contributed by atoms with Crippen molar-refractivity contribution in [1.82, 2.24) is 25.1 Å². The summed E-state index contributed by atoms with van der Waals surface area (Å²) in [7, 11) is 0. The molecule has 1 fully saturated rings. The highest BCUT2D eigenvalue weighted by molar-refractivity contribution is 6.39. The van der Waals surface area contributed by atoms with Gasteiger partial charge in [-0.15, -0.1) is 0 Å².